The van der Waals surface area contributed by atoms with Gasteiger partial charge in [-0.3, -0.25) is 9.69 Å². The van der Waals surface area contributed by atoms with Crippen LogP contribution in [0.15, 0.2) is 54.6 Å². The number of benzene rings is 2. The van der Waals surface area contributed by atoms with Crippen LogP contribution in [0.3, 0.4) is 0 Å². The average Bonchev–Trinajstić information content (AvgIpc) is 2.73. The van der Waals surface area contributed by atoms with E-state index in [1.807, 2.05) is 18.2 Å². The summed E-state index contributed by atoms with van der Waals surface area (Å²) >= 11 is 6.07. The van der Waals surface area contributed by atoms with Crippen LogP contribution in [0.25, 0.3) is 0 Å². The Morgan fingerprint density at radius 1 is 1.07 bits per heavy atom. The number of nitrogens with one attached hydrogen (secondary N) is 1. The van der Waals surface area contributed by atoms with Crippen molar-refractivity contribution in [3.8, 4) is 5.75 Å². The van der Waals surface area contributed by atoms with Gasteiger partial charge in [0.05, 0.1) is 5.02 Å². The van der Waals surface area contributed by atoms with Crippen LogP contribution in [0.4, 0.5) is 5.69 Å². The van der Waals surface area contributed by atoms with Gasteiger partial charge in [0.15, 0.2) is 6.10 Å². The van der Waals surface area contributed by atoms with Crippen LogP contribution in [0.2, 0.25) is 5.02 Å². The number of anilines is 1. The highest BCUT2D eigenvalue weighted by Crippen LogP contribution is 2.24. The highest BCUT2D eigenvalue weighted by molar-refractivity contribution is 6.32. The maximum Gasteiger partial charge on any atom is 0.260 e. The van der Waals surface area contributed by atoms with Crippen LogP contribution in [-0.4, -0.2) is 56.2 Å². The molecule has 1 amide bonds. The van der Waals surface area contributed by atoms with Crippen molar-refractivity contribution in [2.24, 2.45) is 0 Å². The molecular weight excluding hydrogens is 374 g/mol. The molecular formula is C22H28ClN3O2. The number of piperazine rings is 1. The van der Waals surface area contributed by atoms with Crippen molar-refractivity contribution < 1.29 is 9.53 Å². The Hall–Kier alpha value is -2.24. The maximum atomic E-state index is 12.2. The highest BCUT2D eigenvalue weighted by atomic mass is 35.5. The van der Waals surface area contributed by atoms with Gasteiger partial charge in [-0.2, -0.15) is 0 Å². The first-order valence-corrected chi connectivity index (χ1v) is 10.2. The second kappa shape index (κ2) is 10.3. The van der Waals surface area contributed by atoms with Crippen LogP contribution in [0.1, 0.15) is 13.3 Å². The van der Waals surface area contributed by atoms with E-state index in [0.29, 0.717) is 17.3 Å². The van der Waals surface area contributed by atoms with E-state index in [9.17, 15) is 4.79 Å². The maximum absolute atomic E-state index is 12.2. The number of rotatable bonds is 8. The topological polar surface area (TPSA) is 44.8 Å². The first kappa shape index (κ1) is 20.5. The Labute approximate surface area is 172 Å². The molecule has 1 saturated heterocycles. The average molecular weight is 402 g/mol. The van der Waals surface area contributed by atoms with Gasteiger partial charge in [-0.15, -0.1) is 0 Å². The van der Waals surface area contributed by atoms with E-state index in [4.69, 9.17) is 16.3 Å². The molecule has 2 aromatic rings. The summed E-state index contributed by atoms with van der Waals surface area (Å²) in [5, 5.41) is 3.46. The zero-order valence-electron chi connectivity index (χ0n) is 16.3. The fourth-order valence-corrected chi connectivity index (χ4v) is 3.49. The Bertz CT molecular complexity index is 748. The number of amides is 1. The van der Waals surface area contributed by atoms with Crippen LogP contribution in [-0.2, 0) is 4.79 Å². The molecule has 28 heavy (non-hydrogen) atoms. The predicted octanol–water partition coefficient (Wildman–Crippen LogP) is 3.44. The highest BCUT2D eigenvalue weighted by Gasteiger charge is 2.18. The minimum absolute atomic E-state index is 0.117. The third-order valence-corrected chi connectivity index (χ3v) is 5.27. The van der Waals surface area contributed by atoms with Crippen LogP contribution >= 0.6 is 11.6 Å². The monoisotopic (exact) mass is 401 g/mol. The fraction of sp³-hybridized carbons (Fsp3) is 0.409. The Balaban J connectivity index is 1.31. The summed E-state index contributed by atoms with van der Waals surface area (Å²) in [7, 11) is 0. The van der Waals surface area contributed by atoms with E-state index in [0.717, 1.165) is 39.1 Å². The number of ether oxygens (including phenoxy) is 1. The van der Waals surface area contributed by atoms with Crippen molar-refractivity contribution in [2.75, 3.05) is 44.2 Å². The molecule has 0 radical (unpaired) electrons. The summed E-state index contributed by atoms with van der Waals surface area (Å²) in [6.07, 6.45) is 0.352. The summed E-state index contributed by atoms with van der Waals surface area (Å²) in [6.45, 7) is 7.56. The van der Waals surface area contributed by atoms with Gasteiger partial charge in [-0.1, -0.05) is 41.9 Å². The second-order valence-electron chi connectivity index (χ2n) is 7.00. The SMILES string of the molecule is CC(Oc1ccccc1Cl)C(=O)NCCCN1CCN(c2ccccc2)CC1. The Kier molecular flexibility index (Phi) is 7.57. The lowest BCUT2D eigenvalue weighted by molar-refractivity contribution is -0.127. The number of para-hydroxylation sites is 2. The van der Waals surface area contributed by atoms with Crippen molar-refractivity contribution in [3.05, 3.63) is 59.6 Å². The molecule has 1 aliphatic heterocycles. The largest absolute Gasteiger partial charge is 0.479 e. The molecule has 0 spiro atoms. The van der Waals surface area contributed by atoms with E-state index in [1.165, 1.54) is 5.69 Å². The molecule has 6 heteroatoms. The Morgan fingerprint density at radius 2 is 1.75 bits per heavy atom. The van der Waals surface area contributed by atoms with E-state index < -0.39 is 6.10 Å². The van der Waals surface area contributed by atoms with Crippen molar-refractivity contribution >= 4 is 23.2 Å². The zero-order chi connectivity index (χ0) is 19.8. The molecule has 0 saturated carbocycles. The number of halogens is 1. The van der Waals surface area contributed by atoms with Gasteiger partial charge in [-0.25, -0.2) is 0 Å². The summed E-state index contributed by atoms with van der Waals surface area (Å²) in [5.74, 6) is 0.414. The standard InChI is InChI=1S/C22H28ClN3O2/c1-18(28-21-11-6-5-10-20(21)23)22(27)24-12-7-13-25-14-16-26(17-15-25)19-8-3-2-4-9-19/h2-6,8-11,18H,7,12-17H2,1H3,(H,24,27). The molecule has 5 nitrogen and oxygen atoms in total. The minimum Gasteiger partial charge on any atom is -0.479 e. The molecule has 1 heterocycles. The molecule has 2 aromatic carbocycles. The third kappa shape index (κ3) is 5.88. The van der Waals surface area contributed by atoms with Crippen molar-refractivity contribution in [1.82, 2.24) is 10.2 Å². The molecule has 0 aliphatic carbocycles. The minimum atomic E-state index is -0.575. The van der Waals surface area contributed by atoms with E-state index in [-0.39, 0.29) is 5.91 Å². The molecule has 0 bridgehead atoms. The number of hydrogen-bond donors (Lipinski definition) is 1. The van der Waals surface area contributed by atoms with Gasteiger partial charge >= 0.3 is 0 Å². The normalized spacial score (nSPS) is 15.9. The fourth-order valence-electron chi connectivity index (χ4n) is 3.31. The van der Waals surface area contributed by atoms with Crippen LogP contribution in [0.5, 0.6) is 5.75 Å². The van der Waals surface area contributed by atoms with Crippen LogP contribution < -0.4 is 15.0 Å². The molecule has 0 aromatic heterocycles. The van der Waals surface area contributed by atoms with Crippen molar-refractivity contribution in [3.63, 3.8) is 0 Å². The summed E-state index contributed by atoms with van der Waals surface area (Å²) < 4.78 is 5.65. The zero-order valence-corrected chi connectivity index (χ0v) is 17.1. The molecule has 1 N–H and O–H groups in total. The lowest BCUT2D eigenvalue weighted by Gasteiger charge is -2.36. The molecule has 1 unspecified atom stereocenters. The first-order valence-electron chi connectivity index (χ1n) is 9.85. The van der Waals surface area contributed by atoms with Crippen LogP contribution in [0, 0.1) is 0 Å². The quantitative estimate of drug-likeness (QED) is 0.688. The second-order valence-corrected chi connectivity index (χ2v) is 7.41. The molecule has 1 aliphatic rings. The smallest absolute Gasteiger partial charge is 0.260 e. The van der Waals surface area contributed by atoms with Crippen molar-refractivity contribution in [1.29, 1.82) is 0 Å². The molecule has 150 valence electrons. The number of nitrogens with zero attached hydrogens (tertiary/aromatic N) is 2. The molecule has 1 atom stereocenters. The van der Waals surface area contributed by atoms with Gasteiger partial charge in [0, 0.05) is 38.4 Å². The van der Waals surface area contributed by atoms with E-state index >= 15 is 0 Å². The number of carbonyl (C=O) groups is 1. The third-order valence-electron chi connectivity index (χ3n) is 4.95. The van der Waals surface area contributed by atoms with Gasteiger partial charge < -0.3 is 15.0 Å². The lowest BCUT2D eigenvalue weighted by Crippen LogP contribution is -2.47. The van der Waals surface area contributed by atoms with Gasteiger partial charge in [0.2, 0.25) is 0 Å². The van der Waals surface area contributed by atoms with E-state index in [2.05, 4.69) is 39.4 Å². The number of hydrogen-bond acceptors (Lipinski definition) is 4. The summed E-state index contributed by atoms with van der Waals surface area (Å²) in [4.78, 5) is 17.1. The molecule has 1 fully saturated rings. The summed E-state index contributed by atoms with van der Waals surface area (Å²) in [6, 6.07) is 17.7. The molecule has 3 rings (SSSR count). The predicted molar refractivity (Wildman–Crippen MR) is 114 cm³/mol. The van der Waals surface area contributed by atoms with Gasteiger partial charge in [0.25, 0.3) is 5.91 Å². The first-order chi connectivity index (χ1) is 13.6. The van der Waals surface area contributed by atoms with E-state index in [1.54, 1.807) is 19.1 Å². The lowest BCUT2D eigenvalue weighted by atomic mass is 10.2. The summed E-state index contributed by atoms with van der Waals surface area (Å²) in [5.41, 5.74) is 1.29. The number of carbonyl (C=O) groups excluding carboxylic acids is 1. The van der Waals surface area contributed by atoms with Gasteiger partial charge in [-0.05, 0) is 44.2 Å². The Morgan fingerprint density at radius 3 is 2.46 bits per heavy atom. The van der Waals surface area contributed by atoms with Gasteiger partial charge in [0.1, 0.15) is 5.75 Å². The van der Waals surface area contributed by atoms with Crippen molar-refractivity contribution in [2.45, 2.75) is 19.4 Å².